The Labute approximate surface area is 225 Å². The van der Waals surface area contributed by atoms with Gasteiger partial charge in [0.1, 0.15) is 0 Å². The van der Waals surface area contributed by atoms with Crippen LogP contribution in [0.5, 0.6) is 0 Å². The normalized spacial score (nSPS) is 15.7. The van der Waals surface area contributed by atoms with Crippen molar-refractivity contribution < 1.29 is 18.3 Å². The highest BCUT2D eigenvalue weighted by molar-refractivity contribution is 6.74. The minimum absolute atomic E-state index is 0.0311. The van der Waals surface area contributed by atoms with E-state index < -0.39 is 16.6 Å². The van der Waals surface area contributed by atoms with Gasteiger partial charge in [-0.3, -0.25) is 0 Å². The summed E-state index contributed by atoms with van der Waals surface area (Å²) in [4.78, 5) is 0. The van der Waals surface area contributed by atoms with Crippen molar-refractivity contribution in [2.75, 3.05) is 13.7 Å². The second kappa shape index (κ2) is 14.3. The highest BCUT2D eigenvalue weighted by Gasteiger charge is 2.43. The summed E-state index contributed by atoms with van der Waals surface area (Å²) in [7, 11) is -2.21. The second-order valence-corrected chi connectivity index (χ2v) is 22.4. The molecular weight excluding hydrogens is 480 g/mol. The van der Waals surface area contributed by atoms with E-state index in [1.807, 2.05) is 25.1 Å². The largest absolute Gasteiger partial charge is 0.411 e. The van der Waals surface area contributed by atoms with Crippen molar-refractivity contribution in [2.45, 2.75) is 129 Å². The molecule has 4 nitrogen and oxygen atoms in total. The Morgan fingerprint density at radius 1 is 0.833 bits per heavy atom. The molecule has 0 heterocycles. The fraction of sp³-hybridized carbons (Fsp3) is 0.733. The number of hydrogen-bond donors (Lipinski definition) is 0. The maximum Gasteiger partial charge on any atom is 0.192 e. The van der Waals surface area contributed by atoms with Crippen molar-refractivity contribution in [3.05, 3.63) is 35.9 Å². The Bertz CT molecular complexity index is 813. The van der Waals surface area contributed by atoms with Crippen LogP contribution in [0.4, 0.5) is 0 Å². The minimum Gasteiger partial charge on any atom is -0.411 e. The summed E-state index contributed by atoms with van der Waals surface area (Å²) >= 11 is 0. The van der Waals surface area contributed by atoms with Crippen LogP contribution >= 0.6 is 0 Å². The van der Waals surface area contributed by atoms with Crippen molar-refractivity contribution in [1.82, 2.24) is 0 Å². The van der Waals surface area contributed by atoms with E-state index in [-0.39, 0.29) is 28.4 Å². The lowest BCUT2D eigenvalue weighted by molar-refractivity contribution is -0.0496. The fourth-order valence-corrected chi connectivity index (χ4v) is 6.23. The molecule has 1 aromatic rings. The molecule has 0 unspecified atom stereocenters. The molecule has 1 rings (SSSR count). The number of methoxy groups -OCH3 is 1. The third-order valence-corrected chi connectivity index (χ3v) is 16.9. The van der Waals surface area contributed by atoms with Crippen LogP contribution in [0.3, 0.4) is 0 Å². The highest BCUT2D eigenvalue weighted by Crippen LogP contribution is 2.40. The van der Waals surface area contributed by atoms with Crippen molar-refractivity contribution in [3.8, 4) is 11.8 Å². The third-order valence-electron chi connectivity index (χ3n) is 7.88. The Balaban J connectivity index is 3.14. The van der Waals surface area contributed by atoms with E-state index in [2.05, 4.69) is 91.7 Å². The van der Waals surface area contributed by atoms with Gasteiger partial charge in [-0.05, 0) is 55.2 Å². The van der Waals surface area contributed by atoms with Gasteiger partial charge in [-0.15, -0.1) is 11.8 Å². The van der Waals surface area contributed by atoms with Crippen LogP contribution in [0.15, 0.2) is 30.3 Å². The number of hydrogen-bond acceptors (Lipinski definition) is 4. The van der Waals surface area contributed by atoms with Crippen LogP contribution in [-0.4, -0.2) is 48.7 Å². The lowest BCUT2D eigenvalue weighted by atomic mass is 10.0. The molecule has 0 aromatic heterocycles. The highest BCUT2D eigenvalue weighted by atomic mass is 28.4. The standard InChI is InChI=1S/C30H54O4Si2/c1-13-14-16-21-27(34-36(11,12)30(5,6)7)28(31-8)22-26(33-35(9,10)29(2,3)4)24-32-23-25-19-17-15-18-20-25/h15,17-20,26-28H,16,21-24H2,1-12H3/t26-,27-,28-/m0/s1. The average Bonchev–Trinajstić information content (AvgIpc) is 2.75. The minimum atomic E-state index is -2.01. The molecule has 0 amide bonds. The lowest BCUT2D eigenvalue weighted by Gasteiger charge is -2.43. The summed E-state index contributed by atoms with van der Waals surface area (Å²) in [5, 5.41) is 0.233. The van der Waals surface area contributed by atoms with E-state index in [0.29, 0.717) is 13.2 Å². The smallest absolute Gasteiger partial charge is 0.192 e. The van der Waals surface area contributed by atoms with E-state index in [1.54, 1.807) is 7.11 Å². The van der Waals surface area contributed by atoms with Crippen molar-refractivity contribution in [2.24, 2.45) is 0 Å². The van der Waals surface area contributed by atoms with Crippen molar-refractivity contribution in [1.29, 1.82) is 0 Å². The molecule has 0 aliphatic carbocycles. The Morgan fingerprint density at radius 3 is 1.89 bits per heavy atom. The van der Waals surface area contributed by atoms with E-state index in [9.17, 15) is 0 Å². The molecule has 0 N–H and O–H groups in total. The fourth-order valence-electron chi connectivity index (χ4n) is 3.50. The van der Waals surface area contributed by atoms with Gasteiger partial charge in [-0.2, -0.15) is 0 Å². The summed E-state index contributed by atoms with van der Waals surface area (Å²) in [5.41, 5.74) is 1.17. The first-order valence-electron chi connectivity index (χ1n) is 13.4. The van der Waals surface area contributed by atoms with Crippen LogP contribution in [0.1, 0.15) is 73.3 Å². The molecule has 36 heavy (non-hydrogen) atoms. The van der Waals surface area contributed by atoms with Gasteiger partial charge in [0.2, 0.25) is 0 Å². The van der Waals surface area contributed by atoms with Crippen LogP contribution in [-0.2, 0) is 24.9 Å². The molecule has 0 aliphatic rings. The molecule has 0 bridgehead atoms. The summed E-state index contributed by atoms with van der Waals surface area (Å²) in [5.74, 6) is 6.26. The Morgan fingerprint density at radius 2 is 1.39 bits per heavy atom. The Kier molecular flexibility index (Phi) is 13.1. The van der Waals surface area contributed by atoms with Crippen LogP contribution < -0.4 is 0 Å². The predicted octanol–water partition coefficient (Wildman–Crippen LogP) is 8.19. The molecule has 3 atom stereocenters. The molecular formula is C30H54O4Si2. The monoisotopic (exact) mass is 534 g/mol. The first-order chi connectivity index (χ1) is 16.5. The number of ether oxygens (including phenoxy) is 2. The van der Waals surface area contributed by atoms with E-state index in [4.69, 9.17) is 18.3 Å². The lowest BCUT2D eigenvalue weighted by Crippen LogP contribution is -2.50. The molecule has 206 valence electrons. The SMILES string of the molecule is CC#CCC[C@H](O[Si](C)(C)C(C)(C)C)[C@H](C[C@@H](COCc1ccccc1)O[Si](C)(C)C(C)(C)C)OC. The first-order valence-corrected chi connectivity index (χ1v) is 19.3. The molecule has 0 saturated heterocycles. The van der Waals surface area contributed by atoms with Gasteiger partial charge in [0.05, 0.1) is 31.5 Å². The van der Waals surface area contributed by atoms with Crippen LogP contribution in [0.2, 0.25) is 36.3 Å². The molecule has 0 radical (unpaired) electrons. The predicted molar refractivity (Wildman–Crippen MR) is 158 cm³/mol. The summed E-state index contributed by atoms with van der Waals surface area (Å²) < 4.78 is 26.2. The maximum atomic E-state index is 6.94. The van der Waals surface area contributed by atoms with E-state index in [0.717, 1.165) is 19.3 Å². The van der Waals surface area contributed by atoms with Crippen LogP contribution in [0, 0.1) is 11.8 Å². The summed E-state index contributed by atoms with van der Waals surface area (Å²) in [6.45, 7) is 25.9. The summed E-state index contributed by atoms with van der Waals surface area (Å²) in [6.07, 6.45) is 2.19. The number of benzene rings is 1. The van der Waals surface area contributed by atoms with Crippen molar-refractivity contribution >= 4 is 16.6 Å². The Hall–Kier alpha value is -0.946. The summed E-state index contributed by atoms with van der Waals surface area (Å²) in [6, 6.07) is 10.3. The van der Waals surface area contributed by atoms with Gasteiger partial charge in [-0.1, -0.05) is 71.9 Å². The zero-order valence-corrected chi connectivity index (χ0v) is 27.3. The van der Waals surface area contributed by atoms with Gasteiger partial charge in [0.15, 0.2) is 16.6 Å². The van der Waals surface area contributed by atoms with Gasteiger partial charge < -0.3 is 18.3 Å². The molecule has 0 spiro atoms. The van der Waals surface area contributed by atoms with E-state index in [1.165, 1.54) is 5.56 Å². The molecule has 0 aliphatic heterocycles. The first kappa shape index (κ1) is 33.1. The van der Waals surface area contributed by atoms with Gasteiger partial charge >= 0.3 is 0 Å². The average molecular weight is 535 g/mol. The van der Waals surface area contributed by atoms with Gasteiger partial charge in [0.25, 0.3) is 0 Å². The molecule has 1 aromatic carbocycles. The third kappa shape index (κ3) is 10.8. The molecule has 0 saturated carbocycles. The zero-order valence-electron chi connectivity index (χ0n) is 25.3. The topological polar surface area (TPSA) is 36.9 Å². The van der Waals surface area contributed by atoms with Crippen LogP contribution in [0.25, 0.3) is 0 Å². The van der Waals surface area contributed by atoms with E-state index >= 15 is 0 Å². The molecule has 0 fully saturated rings. The molecule has 6 heteroatoms. The zero-order chi connectivity index (χ0) is 27.6. The maximum absolute atomic E-state index is 6.94. The second-order valence-electron chi connectivity index (χ2n) is 12.9. The number of rotatable bonds is 14. The quantitative estimate of drug-likeness (QED) is 0.178. The van der Waals surface area contributed by atoms with Gasteiger partial charge in [0, 0.05) is 20.0 Å². The van der Waals surface area contributed by atoms with Gasteiger partial charge in [-0.25, -0.2) is 0 Å². The van der Waals surface area contributed by atoms with Crippen molar-refractivity contribution in [3.63, 3.8) is 0 Å².